The highest BCUT2D eigenvalue weighted by atomic mass is 79.9. The first-order valence-electron chi connectivity index (χ1n) is 10.7. The summed E-state index contributed by atoms with van der Waals surface area (Å²) in [6.45, 7) is 2.24. The molecule has 1 saturated heterocycles. The lowest BCUT2D eigenvalue weighted by Gasteiger charge is -2.15. The van der Waals surface area contributed by atoms with E-state index in [1.54, 1.807) is 0 Å². The average molecular weight is 462 g/mol. The van der Waals surface area contributed by atoms with Gasteiger partial charge in [-0.15, -0.1) is 0 Å². The van der Waals surface area contributed by atoms with E-state index in [-0.39, 0.29) is 12.3 Å². The smallest absolute Gasteiger partial charge is 0.157 e. The van der Waals surface area contributed by atoms with Gasteiger partial charge in [0.05, 0.1) is 25.9 Å². The van der Waals surface area contributed by atoms with Crippen molar-refractivity contribution in [3.8, 4) is 5.75 Å². The SMILES string of the molecule is NC(c1ccccc1)c1cc(Br)cc(OCCCCCCCCC2OCCO2)c1. The number of unbranched alkanes of at least 4 members (excludes halogenated alkanes) is 5. The van der Waals surface area contributed by atoms with Gasteiger partial charge < -0.3 is 19.9 Å². The first-order chi connectivity index (χ1) is 14.2. The second kappa shape index (κ2) is 12.3. The number of benzene rings is 2. The number of hydrogen-bond acceptors (Lipinski definition) is 4. The van der Waals surface area contributed by atoms with Crippen molar-refractivity contribution in [3.63, 3.8) is 0 Å². The zero-order valence-electron chi connectivity index (χ0n) is 17.0. The van der Waals surface area contributed by atoms with Gasteiger partial charge in [-0.1, -0.05) is 71.9 Å². The summed E-state index contributed by atoms with van der Waals surface area (Å²) >= 11 is 3.58. The topological polar surface area (TPSA) is 53.7 Å². The molecule has 1 aliphatic rings. The number of ether oxygens (including phenoxy) is 3. The largest absolute Gasteiger partial charge is 0.494 e. The minimum atomic E-state index is -0.156. The van der Waals surface area contributed by atoms with Crippen LogP contribution in [0.25, 0.3) is 0 Å². The number of hydrogen-bond donors (Lipinski definition) is 1. The molecule has 3 rings (SSSR count). The maximum atomic E-state index is 6.44. The molecule has 0 bridgehead atoms. The minimum absolute atomic E-state index is 0.0495. The van der Waals surface area contributed by atoms with Crippen molar-refractivity contribution in [1.29, 1.82) is 0 Å². The van der Waals surface area contributed by atoms with E-state index >= 15 is 0 Å². The summed E-state index contributed by atoms with van der Waals surface area (Å²) in [4.78, 5) is 0. The first-order valence-corrected chi connectivity index (χ1v) is 11.5. The molecule has 2 aromatic rings. The Hall–Kier alpha value is -1.40. The highest BCUT2D eigenvalue weighted by Crippen LogP contribution is 2.28. The Balaban J connectivity index is 1.32. The van der Waals surface area contributed by atoms with E-state index in [1.165, 1.54) is 32.1 Å². The third kappa shape index (κ3) is 7.74. The van der Waals surface area contributed by atoms with Crippen LogP contribution in [-0.2, 0) is 9.47 Å². The Morgan fingerprint density at radius 1 is 0.897 bits per heavy atom. The first kappa shape index (κ1) is 22.3. The fourth-order valence-electron chi connectivity index (χ4n) is 3.58. The average Bonchev–Trinajstić information content (AvgIpc) is 3.26. The molecule has 1 heterocycles. The van der Waals surface area contributed by atoms with E-state index < -0.39 is 0 Å². The molecular formula is C24H32BrNO3. The Bertz CT molecular complexity index is 719. The predicted molar refractivity (Wildman–Crippen MR) is 120 cm³/mol. The summed E-state index contributed by atoms with van der Waals surface area (Å²) in [6.07, 6.45) is 8.29. The molecule has 1 atom stereocenters. The standard InChI is InChI=1S/C24H32BrNO3/c25-21-16-20(24(26)19-10-6-5-7-11-19)17-22(18-21)27-13-9-4-2-1-3-8-12-23-28-14-15-29-23/h5-7,10-11,16-18,23-24H,1-4,8-9,12-15,26H2. The Kier molecular flexibility index (Phi) is 9.48. The number of rotatable bonds is 12. The van der Waals surface area contributed by atoms with E-state index in [0.717, 1.165) is 54.0 Å². The molecule has 0 aliphatic carbocycles. The maximum Gasteiger partial charge on any atom is 0.157 e. The van der Waals surface area contributed by atoms with Crippen LogP contribution in [0.15, 0.2) is 53.0 Å². The van der Waals surface area contributed by atoms with Crippen LogP contribution < -0.4 is 10.5 Å². The molecule has 0 spiro atoms. The Morgan fingerprint density at radius 2 is 1.59 bits per heavy atom. The summed E-state index contributed by atoms with van der Waals surface area (Å²) in [5.41, 5.74) is 8.59. The van der Waals surface area contributed by atoms with E-state index in [0.29, 0.717) is 0 Å². The fraction of sp³-hybridized carbons (Fsp3) is 0.500. The highest BCUT2D eigenvalue weighted by molar-refractivity contribution is 9.10. The molecule has 1 fully saturated rings. The van der Waals surface area contributed by atoms with Crippen LogP contribution in [0.4, 0.5) is 0 Å². The van der Waals surface area contributed by atoms with Gasteiger partial charge in [-0.25, -0.2) is 0 Å². The molecule has 2 N–H and O–H groups in total. The van der Waals surface area contributed by atoms with Crippen LogP contribution in [0.1, 0.15) is 62.1 Å². The molecule has 0 radical (unpaired) electrons. The molecule has 158 valence electrons. The van der Waals surface area contributed by atoms with Crippen molar-refractivity contribution < 1.29 is 14.2 Å². The van der Waals surface area contributed by atoms with Gasteiger partial charge in [0.2, 0.25) is 0 Å². The minimum Gasteiger partial charge on any atom is -0.494 e. The van der Waals surface area contributed by atoms with Crippen LogP contribution in [0.5, 0.6) is 5.75 Å². The Morgan fingerprint density at radius 3 is 2.34 bits per heavy atom. The van der Waals surface area contributed by atoms with Crippen molar-refractivity contribution >= 4 is 15.9 Å². The zero-order valence-corrected chi connectivity index (χ0v) is 18.6. The molecule has 4 nitrogen and oxygen atoms in total. The van der Waals surface area contributed by atoms with Gasteiger partial charge in [0.1, 0.15) is 5.75 Å². The normalized spacial score (nSPS) is 15.5. The molecular weight excluding hydrogens is 430 g/mol. The lowest BCUT2D eigenvalue weighted by atomic mass is 9.99. The van der Waals surface area contributed by atoms with Crippen molar-refractivity contribution in [2.24, 2.45) is 5.73 Å². The zero-order chi connectivity index (χ0) is 20.3. The molecule has 5 heteroatoms. The number of halogens is 1. The summed E-state index contributed by atoms with van der Waals surface area (Å²) in [5, 5.41) is 0. The predicted octanol–water partition coefficient (Wildman–Crippen LogP) is 5.98. The second-order valence-corrected chi connectivity index (χ2v) is 8.45. The molecule has 1 unspecified atom stereocenters. The van der Waals surface area contributed by atoms with E-state index in [4.69, 9.17) is 19.9 Å². The van der Waals surface area contributed by atoms with Gasteiger partial charge in [-0.3, -0.25) is 0 Å². The third-order valence-corrected chi connectivity index (χ3v) is 5.66. The second-order valence-electron chi connectivity index (χ2n) is 7.54. The van der Waals surface area contributed by atoms with E-state index in [1.807, 2.05) is 24.3 Å². The quantitative estimate of drug-likeness (QED) is 0.395. The van der Waals surface area contributed by atoms with E-state index in [2.05, 4.69) is 40.2 Å². The van der Waals surface area contributed by atoms with Crippen LogP contribution >= 0.6 is 15.9 Å². The lowest BCUT2D eigenvalue weighted by Crippen LogP contribution is -2.12. The van der Waals surface area contributed by atoms with Gasteiger partial charge >= 0.3 is 0 Å². The molecule has 2 aromatic carbocycles. The van der Waals surface area contributed by atoms with Gasteiger partial charge in [0, 0.05) is 4.47 Å². The van der Waals surface area contributed by atoms with Crippen LogP contribution in [0.2, 0.25) is 0 Å². The molecule has 1 aliphatic heterocycles. The van der Waals surface area contributed by atoms with Crippen LogP contribution in [-0.4, -0.2) is 26.1 Å². The van der Waals surface area contributed by atoms with Crippen LogP contribution in [0, 0.1) is 0 Å². The summed E-state index contributed by atoms with van der Waals surface area (Å²) < 4.78 is 17.9. The molecule has 0 saturated carbocycles. The van der Waals surface area contributed by atoms with Crippen molar-refractivity contribution in [2.75, 3.05) is 19.8 Å². The molecule has 29 heavy (non-hydrogen) atoms. The summed E-state index contributed by atoms with van der Waals surface area (Å²) in [6, 6.07) is 16.1. The monoisotopic (exact) mass is 461 g/mol. The third-order valence-electron chi connectivity index (χ3n) is 5.21. The van der Waals surface area contributed by atoms with Crippen molar-refractivity contribution in [2.45, 2.75) is 57.3 Å². The number of nitrogens with two attached hydrogens (primary N) is 1. The maximum absolute atomic E-state index is 6.44. The van der Waals surface area contributed by atoms with Crippen molar-refractivity contribution in [3.05, 3.63) is 64.1 Å². The lowest BCUT2D eigenvalue weighted by molar-refractivity contribution is -0.0480. The molecule has 0 amide bonds. The molecule has 0 aromatic heterocycles. The summed E-state index contributed by atoms with van der Waals surface area (Å²) in [5.74, 6) is 0.873. The van der Waals surface area contributed by atoms with Gasteiger partial charge in [0.15, 0.2) is 6.29 Å². The van der Waals surface area contributed by atoms with Gasteiger partial charge in [-0.2, -0.15) is 0 Å². The van der Waals surface area contributed by atoms with E-state index in [9.17, 15) is 0 Å². The Labute approximate surface area is 182 Å². The van der Waals surface area contributed by atoms with Crippen LogP contribution in [0.3, 0.4) is 0 Å². The van der Waals surface area contributed by atoms with Crippen molar-refractivity contribution in [1.82, 2.24) is 0 Å². The highest BCUT2D eigenvalue weighted by Gasteiger charge is 2.14. The van der Waals surface area contributed by atoms with Gasteiger partial charge in [-0.05, 0) is 48.6 Å². The summed E-state index contributed by atoms with van der Waals surface area (Å²) in [7, 11) is 0. The fourth-order valence-corrected chi connectivity index (χ4v) is 4.07. The van der Waals surface area contributed by atoms with Gasteiger partial charge in [0.25, 0.3) is 0 Å².